The van der Waals surface area contributed by atoms with Crippen LogP contribution in [0.3, 0.4) is 0 Å². The Hall–Kier alpha value is -1.66. The van der Waals surface area contributed by atoms with E-state index in [-0.39, 0.29) is 29.3 Å². The van der Waals surface area contributed by atoms with E-state index in [2.05, 4.69) is 9.97 Å². The van der Waals surface area contributed by atoms with Crippen LogP contribution in [-0.4, -0.2) is 65.6 Å². The Morgan fingerprint density at radius 1 is 1.30 bits per heavy atom. The first-order valence-corrected chi connectivity index (χ1v) is 8.03. The number of nitrogens with zero attached hydrogens (tertiary/aromatic N) is 4. The Balaban J connectivity index is 2.20. The molecule has 1 aliphatic rings. The maximum absolute atomic E-state index is 12.3. The molecule has 0 aliphatic carbocycles. The minimum Gasteiger partial charge on any atom is -0.388 e. The number of hydrogen-bond acceptors (Lipinski definition) is 9. The van der Waals surface area contributed by atoms with Gasteiger partial charge in [-0.05, 0) is 6.26 Å². The molecule has 0 amide bonds. The van der Waals surface area contributed by atoms with Crippen molar-refractivity contribution < 1.29 is 20.1 Å². The normalized spacial score (nSPS) is 28.4. The number of fused-ring (bicyclic) bond motifs is 1. The fourth-order valence-corrected chi connectivity index (χ4v) is 3.09. The number of aliphatic hydroxyl groups excluding tert-OH is 3. The summed E-state index contributed by atoms with van der Waals surface area (Å²) in [6.45, 7) is -0.192. The number of imidazole rings is 1. The lowest BCUT2D eigenvalue weighted by atomic mass is 10.0. The minimum atomic E-state index is -1.44. The fraction of sp³-hybridized carbons (Fsp3) is 0.583. The number of nitrogens with two attached hydrogens (primary N) is 1. The summed E-state index contributed by atoms with van der Waals surface area (Å²) in [5.74, 6) is -0.0736. The first kappa shape index (κ1) is 16.2. The van der Waals surface area contributed by atoms with Gasteiger partial charge in [0.25, 0.3) is 5.56 Å². The Morgan fingerprint density at radius 2 is 2.00 bits per heavy atom. The van der Waals surface area contributed by atoms with Crippen molar-refractivity contribution in [1.82, 2.24) is 19.1 Å². The number of hydrogen-bond donors (Lipinski definition) is 4. The average Bonchev–Trinajstić information content (AvgIpc) is 2.85. The van der Waals surface area contributed by atoms with Crippen LogP contribution in [0.1, 0.15) is 6.23 Å². The van der Waals surface area contributed by atoms with Crippen molar-refractivity contribution in [3.8, 4) is 0 Å². The Bertz CT molecular complexity index is 805. The summed E-state index contributed by atoms with van der Waals surface area (Å²) in [4.78, 5) is 20.7. The van der Waals surface area contributed by atoms with E-state index in [4.69, 9.17) is 10.5 Å². The highest BCUT2D eigenvalue weighted by Crippen LogP contribution is 2.29. The molecule has 2 aromatic heterocycles. The lowest BCUT2D eigenvalue weighted by Crippen LogP contribution is -2.50. The second-order valence-corrected chi connectivity index (χ2v) is 6.02. The van der Waals surface area contributed by atoms with Gasteiger partial charge in [0.05, 0.1) is 6.61 Å². The van der Waals surface area contributed by atoms with Gasteiger partial charge in [-0.25, -0.2) is 9.97 Å². The molecule has 0 radical (unpaired) electrons. The van der Waals surface area contributed by atoms with Gasteiger partial charge in [-0.2, -0.15) is 0 Å². The third-order valence-electron chi connectivity index (χ3n) is 3.82. The van der Waals surface area contributed by atoms with E-state index in [9.17, 15) is 20.1 Å². The second kappa shape index (κ2) is 5.76. The van der Waals surface area contributed by atoms with Gasteiger partial charge in [0, 0.05) is 7.05 Å². The molecule has 0 aromatic carbocycles. The lowest BCUT2D eigenvalue weighted by molar-refractivity contribution is -0.209. The number of aromatic nitrogens is 4. The van der Waals surface area contributed by atoms with Crippen molar-refractivity contribution in [3.63, 3.8) is 0 Å². The van der Waals surface area contributed by atoms with Crippen LogP contribution in [-0.2, 0) is 11.8 Å². The molecule has 126 valence electrons. The third kappa shape index (κ3) is 2.40. The van der Waals surface area contributed by atoms with Crippen molar-refractivity contribution in [3.05, 3.63) is 10.4 Å². The van der Waals surface area contributed by atoms with Crippen molar-refractivity contribution in [1.29, 1.82) is 0 Å². The largest absolute Gasteiger partial charge is 0.388 e. The molecule has 0 saturated carbocycles. The molecular weight excluding hydrogens is 326 g/mol. The Morgan fingerprint density at radius 3 is 2.65 bits per heavy atom. The number of anilines is 1. The van der Waals surface area contributed by atoms with E-state index in [0.717, 1.165) is 0 Å². The van der Waals surface area contributed by atoms with Gasteiger partial charge in [0.2, 0.25) is 5.95 Å². The van der Waals surface area contributed by atoms with Gasteiger partial charge in [-0.15, -0.1) is 0 Å². The Kier molecular flexibility index (Phi) is 4.06. The zero-order valence-corrected chi connectivity index (χ0v) is 13.3. The van der Waals surface area contributed by atoms with Crippen LogP contribution in [0.2, 0.25) is 0 Å². The summed E-state index contributed by atoms with van der Waals surface area (Å²) in [7, 11) is 1.57. The highest BCUT2D eigenvalue weighted by Gasteiger charge is 2.40. The fourth-order valence-electron chi connectivity index (χ4n) is 2.55. The van der Waals surface area contributed by atoms with Crippen molar-refractivity contribution in [2.45, 2.75) is 29.7 Å². The summed E-state index contributed by atoms with van der Waals surface area (Å²) in [6.07, 6.45) is -3.39. The van der Waals surface area contributed by atoms with Crippen LogP contribution in [0.5, 0.6) is 0 Å². The minimum absolute atomic E-state index is 0.0409. The first-order chi connectivity index (χ1) is 10.9. The predicted octanol–water partition coefficient (Wildman–Crippen LogP) is -1.95. The maximum atomic E-state index is 12.3. The smallest absolute Gasteiger partial charge is 0.282 e. The Labute approximate surface area is 134 Å². The molecule has 23 heavy (non-hydrogen) atoms. The summed E-state index contributed by atoms with van der Waals surface area (Å²) in [5, 5.41) is 30.0. The van der Waals surface area contributed by atoms with Gasteiger partial charge >= 0.3 is 0 Å². The van der Waals surface area contributed by atoms with E-state index in [1.165, 1.54) is 20.9 Å². The van der Waals surface area contributed by atoms with Crippen molar-refractivity contribution in [2.75, 3.05) is 18.6 Å². The summed E-state index contributed by atoms with van der Waals surface area (Å²) in [5.41, 5.74) is 5.68. The van der Waals surface area contributed by atoms with E-state index >= 15 is 0 Å². The number of nitrogen functional groups attached to an aromatic ring is 1. The first-order valence-electron chi connectivity index (χ1n) is 6.81. The maximum Gasteiger partial charge on any atom is 0.282 e. The highest BCUT2D eigenvalue weighted by atomic mass is 32.2. The highest BCUT2D eigenvalue weighted by molar-refractivity contribution is 7.98. The molecule has 0 bridgehead atoms. The summed E-state index contributed by atoms with van der Waals surface area (Å²) >= 11 is 1.27. The van der Waals surface area contributed by atoms with Crippen LogP contribution >= 0.6 is 11.8 Å². The molecule has 11 heteroatoms. The molecular formula is C12H17N5O5S. The van der Waals surface area contributed by atoms with E-state index in [1.54, 1.807) is 13.3 Å². The van der Waals surface area contributed by atoms with E-state index < -0.39 is 24.5 Å². The molecule has 0 unspecified atom stereocenters. The van der Waals surface area contributed by atoms with Gasteiger partial charge in [-0.1, -0.05) is 11.8 Å². The van der Waals surface area contributed by atoms with Gasteiger partial charge < -0.3 is 25.8 Å². The molecule has 1 fully saturated rings. The van der Waals surface area contributed by atoms with Crippen LogP contribution in [0.15, 0.2) is 9.95 Å². The summed E-state index contributed by atoms with van der Waals surface area (Å²) in [6, 6.07) is 0. The van der Waals surface area contributed by atoms with Gasteiger partial charge in [0.1, 0.15) is 18.3 Å². The topological polar surface area (TPSA) is 149 Å². The molecule has 3 heterocycles. The molecule has 0 spiro atoms. The lowest BCUT2D eigenvalue weighted by Gasteiger charge is -2.36. The molecule has 5 N–H and O–H groups in total. The average molecular weight is 343 g/mol. The predicted molar refractivity (Wildman–Crippen MR) is 82.0 cm³/mol. The number of rotatable bonds is 2. The number of ether oxygens (including phenoxy) is 1. The zero-order valence-electron chi connectivity index (χ0n) is 12.4. The monoisotopic (exact) mass is 343 g/mol. The van der Waals surface area contributed by atoms with Crippen LogP contribution < -0.4 is 11.3 Å². The quantitative estimate of drug-likeness (QED) is 0.360. The van der Waals surface area contributed by atoms with Crippen LogP contribution in [0, 0.1) is 0 Å². The zero-order chi connectivity index (χ0) is 16.9. The van der Waals surface area contributed by atoms with E-state index in [1.807, 2.05) is 0 Å². The number of aliphatic hydroxyl groups is 3. The molecule has 1 aliphatic heterocycles. The summed E-state index contributed by atoms with van der Waals surface area (Å²) < 4.78 is 7.99. The van der Waals surface area contributed by atoms with Crippen molar-refractivity contribution >= 4 is 28.9 Å². The molecule has 1 saturated heterocycles. The van der Waals surface area contributed by atoms with Gasteiger partial charge in [0.15, 0.2) is 22.5 Å². The molecule has 10 nitrogen and oxygen atoms in total. The second-order valence-electron chi connectivity index (χ2n) is 5.25. The SMILES string of the molecule is CSc1nc2c(nc(N)n2[C@@H]2OC[C@@H](O)[C@@H](O)[C@H]2O)c(=O)n1C. The van der Waals surface area contributed by atoms with Gasteiger partial charge in [-0.3, -0.25) is 13.9 Å². The molecule has 4 atom stereocenters. The standard InChI is InChI=1S/C12H17N5O5S/c1-16-9(21)5-8(15-12(16)23-2)17(11(13)14-5)10-7(20)6(19)4(18)3-22-10/h4,6-7,10,18-20H,3H2,1-2H3,(H2,13,14)/t4-,6-,7-,10-/m1/s1. The van der Waals surface area contributed by atoms with Crippen molar-refractivity contribution in [2.24, 2.45) is 7.05 Å². The molecule has 3 rings (SSSR count). The molecule has 2 aromatic rings. The van der Waals surface area contributed by atoms with E-state index in [0.29, 0.717) is 5.16 Å². The number of thioether (sulfide) groups is 1. The van der Waals surface area contributed by atoms with Crippen LogP contribution in [0.25, 0.3) is 11.2 Å². The third-order valence-corrected chi connectivity index (χ3v) is 4.55. The van der Waals surface area contributed by atoms with Crippen LogP contribution in [0.4, 0.5) is 5.95 Å².